The first kappa shape index (κ1) is 15.3. The van der Waals surface area contributed by atoms with E-state index < -0.39 is 0 Å². The number of ether oxygens (including phenoxy) is 1. The van der Waals surface area contributed by atoms with Crippen molar-refractivity contribution in [3.63, 3.8) is 0 Å². The normalized spacial score (nSPS) is 12.3. The van der Waals surface area contributed by atoms with E-state index >= 15 is 0 Å². The summed E-state index contributed by atoms with van der Waals surface area (Å²) in [6.07, 6.45) is 0. The van der Waals surface area contributed by atoms with Crippen LogP contribution in [0.2, 0.25) is 0 Å². The Labute approximate surface area is 113 Å². The van der Waals surface area contributed by atoms with Gasteiger partial charge in [-0.25, -0.2) is 0 Å². The fourth-order valence-electron chi connectivity index (χ4n) is 1.71. The summed E-state index contributed by atoms with van der Waals surface area (Å²) in [6.45, 7) is 6.03. The average Bonchev–Trinajstić information content (AvgIpc) is 2.37. The van der Waals surface area contributed by atoms with E-state index in [0.717, 1.165) is 0 Å². The highest BCUT2D eigenvalue weighted by Gasteiger charge is 2.20. The van der Waals surface area contributed by atoms with E-state index in [-0.39, 0.29) is 24.5 Å². The molecule has 0 spiro atoms. The second kappa shape index (κ2) is 6.99. The molecular formula is C14H22N2O3. The number of hydrogen-bond acceptors (Lipinski definition) is 4. The number of benzene rings is 1. The quantitative estimate of drug-likeness (QED) is 0.680. The standard InChI is InChI=1S/C14H22N2O3/c1-4-19-13-10(6-5-7-11(13)15)14(18)16-12(8-17)9(2)3/h5-7,9,12,17H,4,8,15H2,1-3H3,(H,16,18)/t12-/m1/s1. The zero-order valence-electron chi connectivity index (χ0n) is 11.6. The van der Waals surface area contributed by atoms with Gasteiger partial charge in [0.15, 0.2) is 5.75 Å². The molecule has 1 rings (SSSR count). The first-order valence-corrected chi connectivity index (χ1v) is 6.44. The first-order valence-electron chi connectivity index (χ1n) is 6.44. The Morgan fingerprint density at radius 3 is 2.68 bits per heavy atom. The van der Waals surface area contributed by atoms with Crippen molar-refractivity contribution >= 4 is 11.6 Å². The van der Waals surface area contributed by atoms with Crippen molar-refractivity contribution < 1.29 is 14.6 Å². The maximum atomic E-state index is 12.2. The minimum Gasteiger partial charge on any atom is -0.491 e. The van der Waals surface area contributed by atoms with Gasteiger partial charge in [-0.15, -0.1) is 0 Å². The Balaban J connectivity index is 2.96. The molecule has 0 aromatic heterocycles. The zero-order chi connectivity index (χ0) is 14.4. The molecular weight excluding hydrogens is 244 g/mol. The van der Waals surface area contributed by atoms with E-state index in [1.807, 2.05) is 20.8 Å². The summed E-state index contributed by atoms with van der Waals surface area (Å²) in [7, 11) is 0. The number of rotatable bonds is 6. The molecule has 4 N–H and O–H groups in total. The van der Waals surface area contributed by atoms with Crippen LogP contribution >= 0.6 is 0 Å². The van der Waals surface area contributed by atoms with Crippen molar-refractivity contribution in [1.82, 2.24) is 5.32 Å². The Kier molecular flexibility index (Phi) is 5.63. The van der Waals surface area contributed by atoms with Gasteiger partial charge in [0.05, 0.1) is 30.5 Å². The lowest BCUT2D eigenvalue weighted by Gasteiger charge is -2.21. The first-order chi connectivity index (χ1) is 9.01. The van der Waals surface area contributed by atoms with Crippen molar-refractivity contribution in [3.8, 4) is 5.75 Å². The number of nitrogens with one attached hydrogen (secondary N) is 1. The van der Waals surface area contributed by atoms with Gasteiger partial charge in [0, 0.05) is 0 Å². The predicted molar refractivity (Wildman–Crippen MR) is 75.2 cm³/mol. The van der Waals surface area contributed by atoms with E-state index in [2.05, 4.69) is 5.32 Å². The van der Waals surface area contributed by atoms with Gasteiger partial charge in [-0.3, -0.25) is 4.79 Å². The molecule has 0 aliphatic rings. The summed E-state index contributed by atoms with van der Waals surface area (Å²) >= 11 is 0. The van der Waals surface area contributed by atoms with Crippen LogP contribution in [0.4, 0.5) is 5.69 Å². The van der Waals surface area contributed by atoms with Gasteiger partial charge in [-0.05, 0) is 25.0 Å². The Morgan fingerprint density at radius 1 is 1.47 bits per heavy atom. The van der Waals surface area contributed by atoms with Crippen LogP contribution in [0.1, 0.15) is 31.1 Å². The molecule has 1 atom stereocenters. The van der Waals surface area contributed by atoms with Crippen LogP contribution in [0.5, 0.6) is 5.75 Å². The lowest BCUT2D eigenvalue weighted by atomic mass is 10.0. The van der Waals surface area contributed by atoms with Crippen LogP contribution in [0.25, 0.3) is 0 Å². The lowest BCUT2D eigenvalue weighted by Crippen LogP contribution is -2.41. The zero-order valence-corrected chi connectivity index (χ0v) is 11.6. The molecule has 0 saturated carbocycles. The topological polar surface area (TPSA) is 84.6 Å². The van der Waals surface area contributed by atoms with E-state index in [4.69, 9.17) is 10.5 Å². The molecule has 1 amide bonds. The van der Waals surface area contributed by atoms with Crippen molar-refractivity contribution in [2.75, 3.05) is 18.9 Å². The van der Waals surface area contributed by atoms with Crippen molar-refractivity contribution in [2.45, 2.75) is 26.8 Å². The largest absolute Gasteiger partial charge is 0.491 e. The fraction of sp³-hybridized carbons (Fsp3) is 0.500. The highest BCUT2D eigenvalue weighted by Crippen LogP contribution is 2.26. The van der Waals surface area contributed by atoms with E-state index in [1.54, 1.807) is 18.2 Å². The Bertz CT molecular complexity index is 433. The summed E-state index contributed by atoms with van der Waals surface area (Å²) in [6, 6.07) is 4.76. The number of aliphatic hydroxyl groups excluding tert-OH is 1. The SMILES string of the molecule is CCOc1c(N)cccc1C(=O)N[C@H](CO)C(C)C. The molecule has 0 heterocycles. The molecule has 0 fully saturated rings. The maximum Gasteiger partial charge on any atom is 0.255 e. The minimum atomic E-state index is -0.289. The number of aliphatic hydroxyl groups is 1. The highest BCUT2D eigenvalue weighted by atomic mass is 16.5. The molecule has 0 aliphatic carbocycles. The second-order valence-corrected chi connectivity index (χ2v) is 4.66. The van der Waals surface area contributed by atoms with Crippen LogP contribution in [-0.4, -0.2) is 30.3 Å². The maximum absolute atomic E-state index is 12.2. The number of nitrogen functional groups attached to an aromatic ring is 1. The number of nitrogens with two attached hydrogens (primary N) is 1. The van der Waals surface area contributed by atoms with Crippen LogP contribution in [0.15, 0.2) is 18.2 Å². The van der Waals surface area contributed by atoms with Gasteiger partial charge in [0.25, 0.3) is 5.91 Å². The Hall–Kier alpha value is -1.75. The summed E-state index contributed by atoms with van der Waals surface area (Å²) in [5, 5.41) is 12.0. The lowest BCUT2D eigenvalue weighted by molar-refractivity contribution is 0.0893. The Morgan fingerprint density at radius 2 is 2.16 bits per heavy atom. The van der Waals surface area contributed by atoms with Crippen molar-refractivity contribution in [2.24, 2.45) is 5.92 Å². The van der Waals surface area contributed by atoms with Crippen LogP contribution in [0.3, 0.4) is 0 Å². The molecule has 1 aromatic carbocycles. The second-order valence-electron chi connectivity index (χ2n) is 4.66. The summed E-state index contributed by atoms with van der Waals surface area (Å²) in [5.41, 5.74) is 6.63. The number of carbonyl (C=O) groups excluding carboxylic acids is 1. The number of carbonyl (C=O) groups is 1. The molecule has 5 heteroatoms. The smallest absolute Gasteiger partial charge is 0.255 e. The van der Waals surface area contributed by atoms with Crippen LogP contribution < -0.4 is 15.8 Å². The average molecular weight is 266 g/mol. The van der Waals surface area contributed by atoms with Gasteiger partial charge in [0.1, 0.15) is 0 Å². The number of para-hydroxylation sites is 1. The fourth-order valence-corrected chi connectivity index (χ4v) is 1.71. The van der Waals surface area contributed by atoms with E-state index in [1.165, 1.54) is 0 Å². The molecule has 0 bridgehead atoms. The third-order valence-corrected chi connectivity index (χ3v) is 2.90. The molecule has 106 valence electrons. The number of hydrogen-bond donors (Lipinski definition) is 3. The van der Waals surface area contributed by atoms with Crippen molar-refractivity contribution in [1.29, 1.82) is 0 Å². The summed E-state index contributed by atoms with van der Waals surface area (Å²) in [4.78, 5) is 12.2. The van der Waals surface area contributed by atoms with E-state index in [0.29, 0.717) is 23.6 Å². The van der Waals surface area contributed by atoms with Crippen LogP contribution in [0, 0.1) is 5.92 Å². The molecule has 0 aliphatic heterocycles. The predicted octanol–water partition coefficient (Wildman–Crippen LogP) is 1.41. The highest BCUT2D eigenvalue weighted by molar-refractivity contribution is 5.98. The number of anilines is 1. The van der Waals surface area contributed by atoms with Gasteiger partial charge >= 0.3 is 0 Å². The monoisotopic (exact) mass is 266 g/mol. The molecule has 0 radical (unpaired) electrons. The number of amides is 1. The third-order valence-electron chi connectivity index (χ3n) is 2.90. The van der Waals surface area contributed by atoms with Gasteiger partial charge in [0.2, 0.25) is 0 Å². The molecule has 0 unspecified atom stereocenters. The van der Waals surface area contributed by atoms with Crippen LogP contribution in [-0.2, 0) is 0 Å². The third kappa shape index (κ3) is 3.86. The molecule has 0 saturated heterocycles. The molecule has 19 heavy (non-hydrogen) atoms. The van der Waals surface area contributed by atoms with Gasteiger partial charge in [-0.2, -0.15) is 0 Å². The van der Waals surface area contributed by atoms with Crippen molar-refractivity contribution in [3.05, 3.63) is 23.8 Å². The minimum absolute atomic E-state index is 0.101. The summed E-state index contributed by atoms with van der Waals surface area (Å²) in [5.74, 6) is 0.247. The van der Waals surface area contributed by atoms with E-state index in [9.17, 15) is 9.90 Å². The van der Waals surface area contributed by atoms with Gasteiger partial charge in [-0.1, -0.05) is 19.9 Å². The molecule has 5 nitrogen and oxygen atoms in total. The van der Waals surface area contributed by atoms with Gasteiger partial charge < -0.3 is 20.9 Å². The molecule has 1 aromatic rings. The summed E-state index contributed by atoms with van der Waals surface area (Å²) < 4.78 is 5.42.